The molecule has 4 rings (SSSR count). The number of amides is 2. The van der Waals surface area contributed by atoms with Crippen LogP contribution in [-0.2, 0) is 23.9 Å². The van der Waals surface area contributed by atoms with E-state index in [1.54, 1.807) is 17.9 Å². The van der Waals surface area contributed by atoms with Gasteiger partial charge in [-0.05, 0) is 51.9 Å². The lowest BCUT2D eigenvalue weighted by molar-refractivity contribution is -0.155. The van der Waals surface area contributed by atoms with Crippen molar-refractivity contribution in [1.29, 1.82) is 0 Å². The molecule has 5 atom stereocenters. The Morgan fingerprint density at radius 1 is 1.24 bits per heavy atom. The van der Waals surface area contributed by atoms with Crippen molar-refractivity contribution in [2.24, 2.45) is 11.8 Å². The van der Waals surface area contributed by atoms with Crippen molar-refractivity contribution in [3.05, 3.63) is 12.7 Å². The molecule has 1 spiro atoms. The molecule has 3 aliphatic heterocycles. The van der Waals surface area contributed by atoms with Crippen molar-refractivity contribution in [1.82, 2.24) is 9.80 Å². The molecule has 4 aliphatic rings. The van der Waals surface area contributed by atoms with Crippen LogP contribution in [0.4, 0.5) is 0 Å². The van der Waals surface area contributed by atoms with Gasteiger partial charge in [0.25, 0.3) is 0 Å². The largest absolute Gasteiger partial charge is 0.466 e. The first kappa shape index (κ1) is 25.2. The van der Waals surface area contributed by atoms with Gasteiger partial charge in [0.2, 0.25) is 11.8 Å². The molecule has 4 fully saturated rings. The zero-order valence-corrected chi connectivity index (χ0v) is 20.5. The third-order valence-electron chi connectivity index (χ3n) is 8.27. The van der Waals surface area contributed by atoms with Crippen molar-refractivity contribution in [3.8, 4) is 0 Å². The van der Waals surface area contributed by atoms with Crippen LogP contribution in [0, 0.1) is 11.8 Å². The first-order valence-corrected chi connectivity index (χ1v) is 13.2. The second kappa shape index (κ2) is 10.8. The maximum atomic E-state index is 14.3. The maximum Gasteiger partial charge on any atom is 0.312 e. The van der Waals surface area contributed by atoms with Crippen LogP contribution in [0.2, 0.25) is 0 Å². The van der Waals surface area contributed by atoms with Gasteiger partial charge in [0.1, 0.15) is 11.6 Å². The van der Waals surface area contributed by atoms with E-state index in [-0.39, 0.29) is 37.2 Å². The van der Waals surface area contributed by atoms with Gasteiger partial charge in [-0.1, -0.05) is 25.3 Å². The van der Waals surface area contributed by atoms with Gasteiger partial charge >= 0.3 is 5.97 Å². The summed E-state index contributed by atoms with van der Waals surface area (Å²) in [5.41, 5.74) is -0.971. The molecule has 190 valence electrons. The number of ether oxygens (including phenoxy) is 2. The van der Waals surface area contributed by atoms with Gasteiger partial charge in [-0.3, -0.25) is 14.4 Å². The molecule has 3 saturated heterocycles. The predicted molar refractivity (Wildman–Crippen MR) is 126 cm³/mol. The Bertz CT molecular complexity index is 781. The fourth-order valence-electron chi connectivity index (χ4n) is 6.86. The van der Waals surface area contributed by atoms with E-state index >= 15 is 0 Å². The molecule has 8 nitrogen and oxygen atoms in total. The van der Waals surface area contributed by atoms with Gasteiger partial charge in [-0.25, -0.2) is 0 Å². The van der Waals surface area contributed by atoms with Crippen molar-refractivity contribution in [2.75, 3.05) is 26.3 Å². The molecule has 34 heavy (non-hydrogen) atoms. The highest BCUT2D eigenvalue weighted by atomic mass is 16.6. The summed E-state index contributed by atoms with van der Waals surface area (Å²) in [5, 5.41) is 9.17. The Morgan fingerprint density at radius 3 is 2.68 bits per heavy atom. The van der Waals surface area contributed by atoms with Gasteiger partial charge in [0.05, 0.1) is 24.5 Å². The molecule has 1 saturated carbocycles. The molecule has 0 aromatic heterocycles. The minimum Gasteiger partial charge on any atom is -0.466 e. The van der Waals surface area contributed by atoms with Crippen molar-refractivity contribution in [3.63, 3.8) is 0 Å². The van der Waals surface area contributed by atoms with E-state index in [1.165, 1.54) is 6.42 Å². The Balaban J connectivity index is 1.66. The summed E-state index contributed by atoms with van der Waals surface area (Å²) in [6.45, 7) is 6.86. The van der Waals surface area contributed by atoms with E-state index < -0.39 is 29.4 Å². The van der Waals surface area contributed by atoms with E-state index in [0.717, 1.165) is 32.1 Å². The number of carbonyl (C=O) groups is 3. The third kappa shape index (κ3) is 4.28. The van der Waals surface area contributed by atoms with Crippen LogP contribution >= 0.6 is 0 Å². The molecule has 8 heteroatoms. The normalized spacial score (nSPS) is 32.6. The van der Waals surface area contributed by atoms with Crippen LogP contribution in [0.25, 0.3) is 0 Å². The highest BCUT2D eigenvalue weighted by Gasteiger charge is 2.75. The number of aliphatic hydroxyl groups is 1. The second-order valence-electron chi connectivity index (χ2n) is 10.2. The molecule has 0 aromatic rings. The average molecular weight is 477 g/mol. The van der Waals surface area contributed by atoms with E-state index in [0.29, 0.717) is 38.8 Å². The summed E-state index contributed by atoms with van der Waals surface area (Å²) in [5.74, 6) is -1.95. The quantitative estimate of drug-likeness (QED) is 0.280. The van der Waals surface area contributed by atoms with Crippen molar-refractivity contribution < 1.29 is 29.0 Å². The summed E-state index contributed by atoms with van der Waals surface area (Å²) in [4.78, 5) is 44.6. The number of aliphatic hydroxyl groups excluding tert-OH is 1. The van der Waals surface area contributed by atoms with Gasteiger partial charge < -0.3 is 24.4 Å². The standard InChI is InChI=1S/C26H40N2O6/c1-3-15-27(18-11-7-5-8-12-18)24(31)22-26-14-13-19(34-26)20(25(32)33-4-2)21(26)23(30)28(22)16-9-6-10-17-29/h3,18-22,29H,1,4-17H2,2H3/t19-,20+,21-,22?,26?/m0/s1. The molecule has 0 aromatic carbocycles. The molecule has 0 radical (unpaired) electrons. The Labute approximate surface area is 202 Å². The van der Waals surface area contributed by atoms with E-state index in [4.69, 9.17) is 14.6 Å². The van der Waals surface area contributed by atoms with Gasteiger partial charge in [-0.2, -0.15) is 0 Å². The minimum absolute atomic E-state index is 0.0741. The van der Waals surface area contributed by atoms with Crippen LogP contribution < -0.4 is 0 Å². The number of esters is 1. The predicted octanol–water partition coefficient (Wildman–Crippen LogP) is 2.43. The number of hydrogen-bond donors (Lipinski definition) is 1. The summed E-state index contributed by atoms with van der Waals surface area (Å²) >= 11 is 0. The van der Waals surface area contributed by atoms with Gasteiger partial charge in [0.15, 0.2) is 0 Å². The topological polar surface area (TPSA) is 96.4 Å². The zero-order valence-electron chi connectivity index (χ0n) is 20.5. The summed E-state index contributed by atoms with van der Waals surface area (Å²) in [6, 6.07) is -0.592. The van der Waals surface area contributed by atoms with Crippen LogP contribution in [-0.4, -0.2) is 82.8 Å². The van der Waals surface area contributed by atoms with Gasteiger partial charge in [-0.15, -0.1) is 6.58 Å². The molecule has 3 heterocycles. The summed E-state index contributed by atoms with van der Waals surface area (Å²) in [7, 11) is 0. The zero-order chi connectivity index (χ0) is 24.3. The first-order valence-electron chi connectivity index (χ1n) is 13.2. The second-order valence-corrected chi connectivity index (χ2v) is 10.2. The fourth-order valence-corrected chi connectivity index (χ4v) is 6.86. The average Bonchev–Trinajstić information content (AvgIpc) is 3.48. The van der Waals surface area contributed by atoms with Gasteiger partial charge in [0, 0.05) is 25.7 Å². The molecule has 2 amide bonds. The van der Waals surface area contributed by atoms with E-state index in [9.17, 15) is 14.4 Å². The lowest BCUT2D eigenvalue weighted by atomic mass is 9.70. The maximum absolute atomic E-state index is 14.3. The highest BCUT2D eigenvalue weighted by Crippen LogP contribution is 2.59. The lowest BCUT2D eigenvalue weighted by Gasteiger charge is -2.40. The number of hydrogen-bond acceptors (Lipinski definition) is 6. The Kier molecular flexibility index (Phi) is 7.97. The molecule has 1 aliphatic carbocycles. The minimum atomic E-state index is -0.971. The summed E-state index contributed by atoms with van der Waals surface area (Å²) in [6.07, 6.45) is 10.0. The Hall–Kier alpha value is -1.93. The third-order valence-corrected chi connectivity index (χ3v) is 8.27. The van der Waals surface area contributed by atoms with Crippen molar-refractivity contribution in [2.45, 2.75) is 94.9 Å². The smallest absolute Gasteiger partial charge is 0.312 e. The molecule has 2 bridgehead atoms. The SMILES string of the molecule is C=CCN(C(=O)C1N(CCCCCO)C(=O)[C@@H]2[C@H](C(=O)OCC)[C@@H]3CCC12O3)C1CCCCC1. The van der Waals surface area contributed by atoms with Crippen LogP contribution in [0.3, 0.4) is 0 Å². The highest BCUT2D eigenvalue weighted by molar-refractivity contribution is 5.98. The molecule has 1 N–H and O–H groups in total. The van der Waals surface area contributed by atoms with E-state index in [1.807, 2.05) is 4.90 Å². The number of carbonyl (C=O) groups excluding carboxylic acids is 3. The summed E-state index contributed by atoms with van der Waals surface area (Å²) < 4.78 is 11.8. The van der Waals surface area contributed by atoms with E-state index in [2.05, 4.69) is 6.58 Å². The number of likely N-dealkylation sites (tertiary alicyclic amines) is 1. The number of nitrogens with zero attached hydrogens (tertiary/aromatic N) is 2. The van der Waals surface area contributed by atoms with Crippen LogP contribution in [0.5, 0.6) is 0 Å². The number of unbranched alkanes of at least 4 members (excludes halogenated alkanes) is 2. The van der Waals surface area contributed by atoms with Crippen LogP contribution in [0.15, 0.2) is 12.7 Å². The Morgan fingerprint density at radius 2 is 2.00 bits per heavy atom. The van der Waals surface area contributed by atoms with Crippen LogP contribution in [0.1, 0.15) is 71.1 Å². The molecule has 2 unspecified atom stereocenters. The molecular formula is C26H40N2O6. The lowest BCUT2D eigenvalue weighted by Crippen LogP contribution is -2.58. The first-order chi connectivity index (χ1) is 16.5. The number of rotatable bonds is 11. The van der Waals surface area contributed by atoms with Crippen molar-refractivity contribution >= 4 is 17.8 Å². The number of fused-ring (bicyclic) bond motifs is 1. The monoisotopic (exact) mass is 476 g/mol. The molecular weight excluding hydrogens is 436 g/mol. The fraction of sp³-hybridized carbons (Fsp3) is 0.808.